The molecule has 2 heterocycles. The number of carbonyl (C=O) groups is 1. The third-order valence-electron chi connectivity index (χ3n) is 4.02. The Morgan fingerprint density at radius 2 is 1.92 bits per heavy atom. The molecule has 2 N–H and O–H groups in total. The highest BCUT2D eigenvalue weighted by molar-refractivity contribution is 7.90. The molecule has 1 fully saturated rings. The monoisotopic (exact) mass is 365 g/mol. The van der Waals surface area contributed by atoms with Crippen LogP contribution in [0.1, 0.15) is 12.8 Å². The molecule has 0 spiro atoms. The molecule has 6 nitrogen and oxygen atoms in total. The topological polar surface area (TPSA) is 88.2 Å². The van der Waals surface area contributed by atoms with Gasteiger partial charge in [0.1, 0.15) is 0 Å². The van der Waals surface area contributed by atoms with Gasteiger partial charge in [-0.15, -0.1) is 11.3 Å². The molecule has 1 aromatic carbocycles. The lowest BCUT2D eigenvalue weighted by Crippen LogP contribution is -2.34. The molecule has 1 aliphatic heterocycles. The number of rotatable bonds is 4. The summed E-state index contributed by atoms with van der Waals surface area (Å²) in [7, 11) is -3.20. The van der Waals surface area contributed by atoms with Crippen molar-refractivity contribution in [3.8, 4) is 11.3 Å². The van der Waals surface area contributed by atoms with Crippen LogP contribution in [0.4, 0.5) is 5.13 Å². The van der Waals surface area contributed by atoms with Crippen molar-refractivity contribution in [1.29, 1.82) is 0 Å². The van der Waals surface area contributed by atoms with Crippen molar-refractivity contribution in [3.05, 3.63) is 29.6 Å². The average molecular weight is 365 g/mol. The van der Waals surface area contributed by atoms with Gasteiger partial charge in [0.25, 0.3) is 0 Å². The third kappa shape index (κ3) is 4.00. The molecule has 3 rings (SSSR count). The minimum absolute atomic E-state index is 0.0184. The van der Waals surface area contributed by atoms with Crippen molar-refractivity contribution in [2.45, 2.75) is 17.7 Å². The highest BCUT2D eigenvalue weighted by atomic mass is 32.2. The van der Waals surface area contributed by atoms with Gasteiger partial charge in [0.05, 0.1) is 10.6 Å². The zero-order chi connectivity index (χ0) is 17.2. The minimum atomic E-state index is -3.20. The summed E-state index contributed by atoms with van der Waals surface area (Å²) in [6, 6.07) is 6.59. The summed E-state index contributed by atoms with van der Waals surface area (Å²) >= 11 is 1.37. The lowest BCUT2D eigenvalue weighted by Gasteiger charge is -2.20. The predicted molar refractivity (Wildman–Crippen MR) is 94.9 cm³/mol. The zero-order valence-corrected chi connectivity index (χ0v) is 14.9. The SMILES string of the molecule is CS(=O)(=O)c1ccc(-c2csc(NC(=O)C3CCNCC3)n2)cc1. The van der Waals surface area contributed by atoms with Gasteiger partial charge in [-0.1, -0.05) is 12.1 Å². The molecular formula is C16H19N3O3S2. The van der Waals surface area contributed by atoms with Crippen molar-refractivity contribution < 1.29 is 13.2 Å². The smallest absolute Gasteiger partial charge is 0.229 e. The number of sulfone groups is 1. The molecule has 0 unspecified atom stereocenters. The fourth-order valence-corrected chi connectivity index (χ4v) is 3.98. The Balaban J connectivity index is 1.70. The number of thiazole rings is 1. The maximum atomic E-state index is 12.2. The molecule has 8 heteroatoms. The minimum Gasteiger partial charge on any atom is -0.317 e. The van der Waals surface area contributed by atoms with E-state index in [1.807, 2.05) is 5.38 Å². The van der Waals surface area contributed by atoms with E-state index in [4.69, 9.17) is 0 Å². The number of nitrogens with one attached hydrogen (secondary N) is 2. The van der Waals surface area contributed by atoms with Crippen LogP contribution in [0.15, 0.2) is 34.5 Å². The molecule has 128 valence electrons. The van der Waals surface area contributed by atoms with Gasteiger partial charge in [-0.2, -0.15) is 0 Å². The Morgan fingerprint density at radius 3 is 2.54 bits per heavy atom. The van der Waals surface area contributed by atoms with Crippen LogP contribution < -0.4 is 10.6 Å². The van der Waals surface area contributed by atoms with Gasteiger partial charge in [0, 0.05) is 23.1 Å². The van der Waals surface area contributed by atoms with Crippen LogP contribution in [-0.4, -0.2) is 38.7 Å². The molecule has 1 aliphatic rings. The van der Waals surface area contributed by atoms with Gasteiger partial charge < -0.3 is 10.6 Å². The number of aromatic nitrogens is 1. The van der Waals surface area contributed by atoms with Crippen molar-refractivity contribution in [2.24, 2.45) is 5.92 Å². The maximum absolute atomic E-state index is 12.2. The van der Waals surface area contributed by atoms with Gasteiger partial charge in [-0.3, -0.25) is 4.79 Å². The van der Waals surface area contributed by atoms with Gasteiger partial charge in [0.15, 0.2) is 15.0 Å². The Kier molecular flexibility index (Phi) is 4.98. The van der Waals surface area contributed by atoms with Crippen molar-refractivity contribution in [2.75, 3.05) is 24.7 Å². The maximum Gasteiger partial charge on any atom is 0.229 e. The van der Waals surface area contributed by atoms with E-state index in [0.29, 0.717) is 5.13 Å². The Morgan fingerprint density at radius 1 is 1.25 bits per heavy atom. The van der Waals surface area contributed by atoms with Crippen molar-refractivity contribution >= 4 is 32.2 Å². The van der Waals surface area contributed by atoms with Gasteiger partial charge in [-0.25, -0.2) is 13.4 Å². The number of hydrogen-bond donors (Lipinski definition) is 2. The van der Waals surface area contributed by atoms with Gasteiger partial charge in [0.2, 0.25) is 5.91 Å². The van der Waals surface area contributed by atoms with Crippen LogP contribution >= 0.6 is 11.3 Å². The summed E-state index contributed by atoms with van der Waals surface area (Å²) in [6.07, 6.45) is 2.87. The van der Waals surface area contributed by atoms with E-state index in [1.165, 1.54) is 17.6 Å². The second-order valence-electron chi connectivity index (χ2n) is 5.85. The Labute approximate surface area is 145 Å². The highest BCUT2D eigenvalue weighted by Crippen LogP contribution is 2.26. The largest absolute Gasteiger partial charge is 0.317 e. The molecule has 0 radical (unpaired) electrons. The normalized spacial score (nSPS) is 16.0. The van der Waals surface area contributed by atoms with Crippen LogP contribution in [-0.2, 0) is 14.6 Å². The first-order valence-electron chi connectivity index (χ1n) is 7.71. The van der Waals surface area contributed by atoms with E-state index in [2.05, 4.69) is 15.6 Å². The summed E-state index contributed by atoms with van der Waals surface area (Å²) < 4.78 is 23.0. The van der Waals surface area contributed by atoms with E-state index in [9.17, 15) is 13.2 Å². The number of benzene rings is 1. The molecule has 0 aliphatic carbocycles. The van der Waals surface area contributed by atoms with E-state index in [0.717, 1.165) is 37.2 Å². The van der Waals surface area contributed by atoms with Gasteiger partial charge >= 0.3 is 0 Å². The van der Waals surface area contributed by atoms with Crippen LogP contribution in [0.2, 0.25) is 0 Å². The number of piperidine rings is 1. The van der Waals surface area contributed by atoms with Crippen LogP contribution in [0.25, 0.3) is 11.3 Å². The lowest BCUT2D eigenvalue weighted by atomic mass is 9.97. The molecule has 2 aromatic rings. The second-order valence-corrected chi connectivity index (χ2v) is 8.72. The lowest BCUT2D eigenvalue weighted by molar-refractivity contribution is -0.120. The van der Waals surface area contributed by atoms with E-state index < -0.39 is 9.84 Å². The predicted octanol–water partition coefficient (Wildman–Crippen LogP) is 2.15. The Hall–Kier alpha value is -1.77. The van der Waals surface area contributed by atoms with E-state index in [1.54, 1.807) is 24.3 Å². The van der Waals surface area contributed by atoms with Crippen molar-refractivity contribution in [3.63, 3.8) is 0 Å². The first kappa shape index (κ1) is 17.1. The van der Waals surface area contributed by atoms with Gasteiger partial charge in [-0.05, 0) is 38.1 Å². The summed E-state index contributed by atoms with van der Waals surface area (Å²) in [5.41, 5.74) is 1.54. The zero-order valence-electron chi connectivity index (χ0n) is 13.3. The molecular weight excluding hydrogens is 346 g/mol. The molecule has 1 aromatic heterocycles. The number of carbonyl (C=O) groups excluding carboxylic acids is 1. The standard InChI is InChI=1S/C16H19N3O3S2/c1-24(21,22)13-4-2-11(3-5-13)14-10-23-16(18-14)19-15(20)12-6-8-17-9-7-12/h2-5,10,12,17H,6-9H2,1H3,(H,18,19,20). The first-order chi connectivity index (χ1) is 11.4. The summed E-state index contributed by atoms with van der Waals surface area (Å²) in [5.74, 6) is 0.0532. The summed E-state index contributed by atoms with van der Waals surface area (Å²) in [5, 5.41) is 8.55. The van der Waals surface area contributed by atoms with Crippen molar-refractivity contribution in [1.82, 2.24) is 10.3 Å². The number of nitrogens with zero attached hydrogens (tertiary/aromatic N) is 1. The molecule has 0 saturated carbocycles. The quantitative estimate of drug-likeness (QED) is 0.867. The fourth-order valence-electron chi connectivity index (χ4n) is 2.63. The summed E-state index contributed by atoms with van der Waals surface area (Å²) in [4.78, 5) is 16.9. The second kappa shape index (κ2) is 7.00. The number of hydrogen-bond acceptors (Lipinski definition) is 6. The third-order valence-corrected chi connectivity index (χ3v) is 5.91. The number of amides is 1. The molecule has 24 heavy (non-hydrogen) atoms. The molecule has 0 bridgehead atoms. The van der Waals surface area contributed by atoms with Crippen LogP contribution in [0.3, 0.4) is 0 Å². The first-order valence-corrected chi connectivity index (χ1v) is 10.5. The van der Waals surface area contributed by atoms with Crippen LogP contribution in [0.5, 0.6) is 0 Å². The van der Waals surface area contributed by atoms with Crippen LogP contribution in [0, 0.1) is 5.92 Å². The Bertz CT molecular complexity index is 823. The fraction of sp³-hybridized carbons (Fsp3) is 0.375. The highest BCUT2D eigenvalue weighted by Gasteiger charge is 2.21. The summed E-state index contributed by atoms with van der Waals surface area (Å²) in [6.45, 7) is 1.74. The molecule has 0 atom stereocenters. The van der Waals surface area contributed by atoms with E-state index >= 15 is 0 Å². The van der Waals surface area contributed by atoms with E-state index in [-0.39, 0.29) is 16.7 Å². The number of anilines is 1. The molecule has 1 amide bonds. The average Bonchev–Trinajstić information content (AvgIpc) is 3.03. The molecule has 1 saturated heterocycles.